The fourth-order valence-electron chi connectivity index (χ4n) is 1.55. The van der Waals surface area contributed by atoms with Gasteiger partial charge in [0.05, 0.1) is 10.5 Å². The van der Waals surface area contributed by atoms with E-state index in [1.807, 2.05) is 4.72 Å². The first-order chi connectivity index (χ1) is 9.40. The molecule has 4 N–H and O–H groups in total. The highest BCUT2D eigenvalue weighted by Crippen LogP contribution is 2.17. The van der Waals surface area contributed by atoms with Crippen molar-refractivity contribution in [1.29, 1.82) is 0 Å². The first-order valence-corrected chi connectivity index (χ1v) is 7.09. The van der Waals surface area contributed by atoms with Crippen LogP contribution in [0.5, 0.6) is 5.75 Å². The van der Waals surface area contributed by atoms with E-state index in [0.717, 1.165) is 0 Å². The highest BCUT2D eigenvalue weighted by molar-refractivity contribution is 7.90. The molecule has 2 aromatic carbocycles. The van der Waals surface area contributed by atoms with Gasteiger partial charge in [-0.15, -0.1) is 0 Å². The molecule has 0 aliphatic heterocycles. The van der Waals surface area contributed by atoms with Gasteiger partial charge >= 0.3 is 0 Å². The molecular weight excluding hydrogens is 280 g/mol. The molecule has 0 saturated heterocycles. The monoisotopic (exact) mass is 292 g/mol. The summed E-state index contributed by atoms with van der Waals surface area (Å²) >= 11 is 0. The van der Waals surface area contributed by atoms with Gasteiger partial charge in [0, 0.05) is 5.69 Å². The van der Waals surface area contributed by atoms with Crippen LogP contribution < -0.4 is 10.5 Å². The van der Waals surface area contributed by atoms with Gasteiger partial charge in [0.1, 0.15) is 5.75 Å². The number of nitrogen functional groups attached to an aromatic ring is 1. The van der Waals surface area contributed by atoms with Crippen LogP contribution in [0.4, 0.5) is 5.69 Å². The summed E-state index contributed by atoms with van der Waals surface area (Å²) in [5.41, 5.74) is 5.76. The second-order valence-corrected chi connectivity index (χ2v) is 5.70. The van der Waals surface area contributed by atoms with Crippen molar-refractivity contribution in [3.05, 3.63) is 54.1 Å². The van der Waals surface area contributed by atoms with Crippen LogP contribution in [0.3, 0.4) is 0 Å². The van der Waals surface area contributed by atoms with E-state index in [-0.39, 0.29) is 16.2 Å². The number of amides is 1. The van der Waals surface area contributed by atoms with Crippen molar-refractivity contribution in [3.63, 3.8) is 0 Å². The molecule has 0 bridgehead atoms. The zero-order valence-corrected chi connectivity index (χ0v) is 11.1. The SMILES string of the molecule is Nc1ccc(S(=O)(=O)NC(=O)c2ccccc2O)cc1. The van der Waals surface area contributed by atoms with E-state index < -0.39 is 15.9 Å². The Morgan fingerprint density at radius 2 is 1.65 bits per heavy atom. The summed E-state index contributed by atoms with van der Waals surface area (Å²) in [6, 6.07) is 11.1. The molecule has 0 atom stereocenters. The molecule has 0 spiro atoms. The summed E-state index contributed by atoms with van der Waals surface area (Å²) in [5.74, 6) is -1.20. The van der Waals surface area contributed by atoms with Gasteiger partial charge < -0.3 is 10.8 Å². The number of sulfonamides is 1. The van der Waals surface area contributed by atoms with Gasteiger partial charge in [0.25, 0.3) is 15.9 Å². The van der Waals surface area contributed by atoms with Gasteiger partial charge in [-0.25, -0.2) is 13.1 Å². The second-order valence-electron chi connectivity index (χ2n) is 4.02. The van der Waals surface area contributed by atoms with Gasteiger partial charge in [-0.3, -0.25) is 4.79 Å². The third-order valence-electron chi connectivity index (χ3n) is 2.57. The molecule has 2 aromatic rings. The van der Waals surface area contributed by atoms with Crippen LogP contribution in [-0.4, -0.2) is 19.4 Å². The number of phenols is 1. The van der Waals surface area contributed by atoms with E-state index in [1.54, 1.807) is 0 Å². The molecule has 0 fully saturated rings. The van der Waals surface area contributed by atoms with Crippen molar-refractivity contribution in [2.75, 3.05) is 5.73 Å². The van der Waals surface area contributed by atoms with E-state index in [9.17, 15) is 18.3 Å². The number of carbonyl (C=O) groups is 1. The van der Waals surface area contributed by atoms with E-state index >= 15 is 0 Å². The van der Waals surface area contributed by atoms with Crippen molar-refractivity contribution >= 4 is 21.6 Å². The molecule has 2 rings (SSSR count). The first-order valence-electron chi connectivity index (χ1n) is 5.61. The van der Waals surface area contributed by atoms with Gasteiger partial charge in [0.2, 0.25) is 0 Å². The Balaban J connectivity index is 2.27. The number of aromatic hydroxyl groups is 1. The Labute approximate surface area is 115 Å². The Kier molecular flexibility index (Phi) is 3.62. The lowest BCUT2D eigenvalue weighted by atomic mass is 10.2. The second kappa shape index (κ2) is 5.22. The summed E-state index contributed by atoms with van der Waals surface area (Å²) in [4.78, 5) is 11.8. The molecule has 104 valence electrons. The Morgan fingerprint density at radius 1 is 1.05 bits per heavy atom. The lowest BCUT2D eigenvalue weighted by molar-refractivity contribution is 0.0979. The van der Waals surface area contributed by atoms with Crippen LogP contribution in [0, 0.1) is 0 Å². The molecule has 6 nitrogen and oxygen atoms in total. The Bertz CT molecular complexity index is 739. The zero-order valence-electron chi connectivity index (χ0n) is 10.3. The summed E-state index contributed by atoms with van der Waals surface area (Å²) in [5, 5.41) is 9.51. The minimum absolute atomic E-state index is 0.0875. The quantitative estimate of drug-likeness (QED) is 0.734. The smallest absolute Gasteiger partial charge is 0.268 e. The van der Waals surface area contributed by atoms with E-state index in [2.05, 4.69) is 0 Å². The van der Waals surface area contributed by atoms with Crippen LogP contribution in [0.25, 0.3) is 0 Å². The number of hydrogen-bond donors (Lipinski definition) is 3. The number of carbonyl (C=O) groups excluding carboxylic acids is 1. The topological polar surface area (TPSA) is 109 Å². The van der Waals surface area contributed by atoms with Gasteiger partial charge in [0.15, 0.2) is 0 Å². The number of phenolic OH excluding ortho intramolecular Hbond substituents is 1. The van der Waals surface area contributed by atoms with Crippen molar-refractivity contribution < 1.29 is 18.3 Å². The number of anilines is 1. The number of hydrogen-bond acceptors (Lipinski definition) is 5. The fraction of sp³-hybridized carbons (Fsp3) is 0. The molecule has 0 aromatic heterocycles. The number of nitrogens with one attached hydrogen (secondary N) is 1. The molecule has 0 heterocycles. The maximum Gasteiger partial charge on any atom is 0.268 e. The van der Waals surface area contributed by atoms with E-state index in [4.69, 9.17) is 5.73 Å². The lowest BCUT2D eigenvalue weighted by Gasteiger charge is -2.08. The van der Waals surface area contributed by atoms with E-state index in [0.29, 0.717) is 5.69 Å². The maximum atomic E-state index is 12.0. The third-order valence-corrected chi connectivity index (χ3v) is 3.91. The highest BCUT2D eigenvalue weighted by Gasteiger charge is 2.20. The minimum atomic E-state index is -4.01. The van der Waals surface area contributed by atoms with Crippen LogP contribution in [-0.2, 0) is 10.0 Å². The van der Waals surface area contributed by atoms with Crippen LogP contribution >= 0.6 is 0 Å². The normalized spacial score (nSPS) is 11.0. The summed E-state index contributed by atoms with van der Waals surface area (Å²) in [6.45, 7) is 0. The standard InChI is InChI=1S/C13H12N2O4S/c14-9-5-7-10(8-6-9)20(18,19)15-13(17)11-3-1-2-4-12(11)16/h1-8,16H,14H2,(H,15,17). The predicted octanol–water partition coefficient (Wildman–Crippen LogP) is 1.09. The average molecular weight is 292 g/mol. The largest absolute Gasteiger partial charge is 0.507 e. The zero-order chi connectivity index (χ0) is 14.8. The van der Waals surface area contributed by atoms with Crippen LogP contribution in [0.15, 0.2) is 53.4 Å². The highest BCUT2D eigenvalue weighted by atomic mass is 32.2. The van der Waals surface area contributed by atoms with Gasteiger partial charge in [-0.1, -0.05) is 12.1 Å². The fourth-order valence-corrected chi connectivity index (χ4v) is 2.51. The molecule has 0 saturated carbocycles. The molecule has 0 unspecified atom stereocenters. The Hall–Kier alpha value is -2.54. The average Bonchev–Trinajstić information content (AvgIpc) is 2.39. The predicted molar refractivity (Wildman–Crippen MR) is 73.6 cm³/mol. The number of nitrogens with two attached hydrogens (primary N) is 1. The van der Waals surface area contributed by atoms with Crippen molar-refractivity contribution in [1.82, 2.24) is 4.72 Å². The first kappa shape index (κ1) is 13.9. The summed E-state index contributed by atoms with van der Waals surface area (Å²) < 4.78 is 25.8. The number of para-hydroxylation sites is 1. The van der Waals surface area contributed by atoms with Gasteiger partial charge in [-0.2, -0.15) is 0 Å². The molecule has 0 radical (unpaired) electrons. The molecule has 1 amide bonds. The number of rotatable bonds is 3. The third kappa shape index (κ3) is 2.89. The summed E-state index contributed by atoms with van der Waals surface area (Å²) in [6.07, 6.45) is 0. The molecule has 0 aliphatic rings. The lowest BCUT2D eigenvalue weighted by Crippen LogP contribution is -2.30. The Morgan fingerprint density at radius 3 is 2.25 bits per heavy atom. The molecule has 20 heavy (non-hydrogen) atoms. The van der Waals surface area contributed by atoms with Gasteiger partial charge in [-0.05, 0) is 36.4 Å². The molecular formula is C13H12N2O4S. The van der Waals surface area contributed by atoms with Crippen molar-refractivity contribution in [2.24, 2.45) is 0 Å². The minimum Gasteiger partial charge on any atom is -0.507 e. The van der Waals surface area contributed by atoms with Crippen molar-refractivity contribution in [3.8, 4) is 5.75 Å². The van der Waals surface area contributed by atoms with Crippen LogP contribution in [0.1, 0.15) is 10.4 Å². The summed E-state index contributed by atoms with van der Waals surface area (Å²) in [7, 11) is -4.01. The van der Waals surface area contributed by atoms with Crippen LogP contribution in [0.2, 0.25) is 0 Å². The van der Waals surface area contributed by atoms with E-state index in [1.165, 1.54) is 48.5 Å². The molecule has 0 aliphatic carbocycles. The maximum absolute atomic E-state index is 12.0. The van der Waals surface area contributed by atoms with Crippen molar-refractivity contribution in [2.45, 2.75) is 4.90 Å². The number of benzene rings is 2. The molecule has 7 heteroatoms.